The SMILES string of the molecule is COc1ccccc1CCNC(=O)NCCCc1ccccc1. The molecule has 0 saturated carbocycles. The molecule has 2 amide bonds. The molecule has 0 atom stereocenters. The fourth-order valence-corrected chi connectivity index (χ4v) is 2.42. The molecule has 2 rings (SSSR count). The highest BCUT2D eigenvalue weighted by molar-refractivity contribution is 5.73. The average molecular weight is 312 g/mol. The maximum atomic E-state index is 11.7. The number of benzene rings is 2. The summed E-state index contributed by atoms with van der Waals surface area (Å²) in [6, 6.07) is 18.0. The predicted octanol–water partition coefficient (Wildman–Crippen LogP) is 3.17. The van der Waals surface area contributed by atoms with E-state index in [9.17, 15) is 4.79 Å². The number of carbonyl (C=O) groups excluding carboxylic acids is 1. The van der Waals surface area contributed by atoms with E-state index in [0.29, 0.717) is 13.1 Å². The molecule has 2 N–H and O–H groups in total. The summed E-state index contributed by atoms with van der Waals surface area (Å²) in [7, 11) is 1.66. The van der Waals surface area contributed by atoms with E-state index in [1.54, 1.807) is 7.11 Å². The van der Waals surface area contributed by atoms with E-state index in [1.165, 1.54) is 5.56 Å². The van der Waals surface area contributed by atoms with Gasteiger partial charge in [0, 0.05) is 13.1 Å². The molecule has 0 unspecified atom stereocenters. The number of aryl methyl sites for hydroxylation is 1. The lowest BCUT2D eigenvalue weighted by molar-refractivity contribution is 0.241. The summed E-state index contributed by atoms with van der Waals surface area (Å²) < 4.78 is 5.30. The third-order valence-electron chi connectivity index (χ3n) is 3.64. The number of carbonyl (C=O) groups is 1. The number of ether oxygens (including phenoxy) is 1. The standard InChI is InChI=1S/C19H24N2O2/c1-23-18-12-6-5-11-17(18)13-15-21-19(22)20-14-7-10-16-8-3-2-4-9-16/h2-6,8-9,11-12H,7,10,13-15H2,1H3,(H2,20,21,22). The topological polar surface area (TPSA) is 50.4 Å². The van der Waals surface area contributed by atoms with Gasteiger partial charge >= 0.3 is 6.03 Å². The van der Waals surface area contributed by atoms with Crippen molar-refractivity contribution < 1.29 is 9.53 Å². The molecule has 4 nitrogen and oxygen atoms in total. The van der Waals surface area contributed by atoms with Gasteiger partial charge in [-0.1, -0.05) is 48.5 Å². The molecule has 2 aromatic carbocycles. The van der Waals surface area contributed by atoms with E-state index >= 15 is 0 Å². The molecule has 0 aliphatic heterocycles. The van der Waals surface area contributed by atoms with Crippen molar-refractivity contribution in [1.82, 2.24) is 10.6 Å². The number of methoxy groups -OCH3 is 1. The number of urea groups is 1. The highest BCUT2D eigenvalue weighted by Crippen LogP contribution is 2.17. The zero-order chi connectivity index (χ0) is 16.3. The summed E-state index contributed by atoms with van der Waals surface area (Å²) in [5.74, 6) is 0.859. The lowest BCUT2D eigenvalue weighted by atomic mass is 10.1. The Balaban J connectivity index is 1.60. The Bertz CT molecular complexity index is 599. The molecular formula is C19H24N2O2. The van der Waals surface area contributed by atoms with Crippen molar-refractivity contribution >= 4 is 6.03 Å². The molecule has 23 heavy (non-hydrogen) atoms. The molecule has 122 valence electrons. The van der Waals surface area contributed by atoms with E-state index < -0.39 is 0 Å². The zero-order valence-electron chi connectivity index (χ0n) is 13.5. The Hall–Kier alpha value is -2.49. The molecule has 0 heterocycles. The number of nitrogens with one attached hydrogen (secondary N) is 2. The van der Waals surface area contributed by atoms with Crippen molar-refractivity contribution in [2.75, 3.05) is 20.2 Å². The average Bonchev–Trinajstić information content (AvgIpc) is 2.60. The van der Waals surface area contributed by atoms with Crippen LogP contribution >= 0.6 is 0 Å². The van der Waals surface area contributed by atoms with Crippen LogP contribution in [0.15, 0.2) is 54.6 Å². The number of hydrogen-bond acceptors (Lipinski definition) is 2. The van der Waals surface area contributed by atoms with Crippen molar-refractivity contribution in [3.8, 4) is 5.75 Å². The maximum Gasteiger partial charge on any atom is 0.314 e. The van der Waals surface area contributed by atoms with E-state index in [4.69, 9.17) is 4.74 Å². The van der Waals surface area contributed by atoms with Gasteiger partial charge in [0.2, 0.25) is 0 Å². The molecule has 4 heteroatoms. The van der Waals surface area contributed by atoms with Gasteiger partial charge in [-0.25, -0.2) is 4.79 Å². The fraction of sp³-hybridized carbons (Fsp3) is 0.316. The molecule has 0 bridgehead atoms. The van der Waals surface area contributed by atoms with Gasteiger partial charge in [0.15, 0.2) is 0 Å². The van der Waals surface area contributed by atoms with E-state index in [2.05, 4.69) is 22.8 Å². The van der Waals surface area contributed by atoms with Gasteiger partial charge in [-0.2, -0.15) is 0 Å². The number of hydrogen-bond donors (Lipinski definition) is 2. The van der Waals surface area contributed by atoms with Gasteiger partial charge in [0.05, 0.1) is 7.11 Å². The second kappa shape index (κ2) is 9.51. The molecule has 0 fully saturated rings. The predicted molar refractivity (Wildman–Crippen MR) is 92.9 cm³/mol. The lowest BCUT2D eigenvalue weighted by Gasteiger charge is -2.10. The van der Waals surface area contributed by atoms with Crippen LogP contribution in [0.25, 0.3) is 0 Å². The Morgan fingerprint density at radius 1 is 0.913 bits per heavy atom. The number of para-hydroxylation sites is 1. The molecule has 2 aromatic rings. The second-order valence-electron chi connectivity index (χ2n) is 5.33. The van der Waals surface area contributed by atoms with Gasteiger partial charge in [-0.05, 0) is 36.5 Å². The summed E-state index contributed by atoms with van der Waals surface area (Å²) in [6.07, 6.45) is 2.66. The van der Waals surface area contributed by atoms with Gasteiger partial charge < -0.3 is 15.4 Å². The first-order valence-electron chi connectivity index (χ1n) is 7.97. The Labute approximate surface area is 137 Å². The van der Waals surface area contributed by atoms with Crippen LogP contribution in [0.3, 0.4) is 0 Å². The van der Waals surface area contributed by atoms with Crippen LogP contribution in [-0.4, -0.2) is 26.2 Å². The molecule has 0 aliphatic carbocycles. The summed E-state index contributed by atoms with van der Waals surface area (Å²) in [5, 5.41) is 5.76. The van der Waals surface area contributed by atoms with Crippen molar-refractivity contribution in [1.29, 1.82) is 0 Å². The third-order valence-corrected chi connectivity index (χ3v) is 3.64. The maximum absolute atomic E-state index is 11.7. The van der Waals surface area contributed by atoms with Crippen LogP contribution in [0.2, 0.25) is 0 Å². The first kappa shape index (κ1) is 16.9. The molecule has 0 saturated heterocycles. The Morgan fingerprint density at radius 3 is 2.39 bits per heavy atom. The summed E-state index contributed by atoms with van der Waals surface area (Å²) >= 11 is 0. The monoisotopic (exact) mass is 312 g/mol. The van der Waals surface area contributed by atoms with E-state index in [1.807, 2.05) is 42.5 Å². The van der Waals surface area contributed by atoms with E-state index in [-0.39, 0.29) is 6.03 Å². The van der Waals surface area contributed by atoms with Crippen molar-refractivity contribution in [3.05, 3.63) is 65.7 Å². The Kier molecular flexibility index (Phi) is 6.98. The van der Waals surface area contributed by atoms with Crippen LogP contribution in [0.1, 0.15) is 17.5 Å². The molecule has 0 aliphatic rings. The highest BCUT2D eigenvalue weighted by Gasteiger charge is 2.03. The lowest BCUT2D eigenvalue weighted by Crippen LogP contribution is -2.37. The van der Waals surface area contributed by atoms with Crippen LogP contribution < -0.4 is 15.4 Å². The molecule has 0 aromatic heterocycles. The van der Waals surface area contributed by atoms with Gasteiger partial charge in [-0.15, -0.1) is 0 Å². The van der Waals surface area contributed by atoms with Crippen molar-refractivity contribution in [2.45, 2.75) is 19.3 Å². The van der Waals surface area contributed by atoms with Crippen LogP contribution in [0, 0.1) is 0 Å². The Morgan fingerprint density at radius 2 is 1.61 bits per heavy atom. The van der Waals surface area contributed by atoms with Crippen molar-refractivity contribution in [3.63, 3.8) is 0 Å². The smallest absolute Gasteiger partial charge is 0.314 e. The first-order chi connectivity index (χ1) is 11.3. The summed E-state index contributed by atoms with van der Waals surface area (Å²) in [4.78, 5) is 11.7. The second-order valence-corrected chi connectivity index (χ2v) is 5.33. The minimum Gasteiger partial charge on any atom is -0.496 e. The first-order valence-corrected chi connectivity index (χ1v) is 7.97. The largest absolute Gasteiger partial charge is 0.496 e. The van der Waals surface area contributed by atoms with Crippen molar-refractivity contribution in [2.24, 2.45) is 0 Å². The fourth-order valence-electron chi connectivity index (χ4n) is 2.42. The molecule has 0 radical (unpaired) electrons. The van der Waals surface area contributed by atoms with Crippen LogP contribution in [-0.2, 0) is 12.8 Å². The third kappa shape index (κ3) is 6.02. The summed E-state index contributed by atoms with van der Waals surface area (Å²) in [6.45, 7) is 1.26. The normalized spacial score (nSPS) is 10.1. The minimum atomic E-state index is -0.118. The van der Waals surface area contributed by atoms with Crippen LogP contribution in [0.5, 0.6) is 5.75 Å². The molecule has 0 spiro atoms. The van der Waals surface area contributed by atoms with Gasteiger partial charge in [0.1, 0.15) is 5.75 Å². The summed E-state index contributed by atoms with van der Waals surface area (Å²) in [5.41, 5.74) is 2.39. The van der Waals surface area contributed by atoms with E-state index in [0.717, 1.165) is 30.6 Å². The minimum absolute atomic E-state index is 0.118. The molecular weight excluding hydrogens is 288 g/mol. The number of amides is 2. The van der Waals surface area contributed by atoms with Crippen LogP contribution in [0.4, 0.5) is 4.79 Å². The quantitative estimate of drug-likeness (QED) is 0.736. The zero-order valence-corrected chi connectivity index (χ0v) is 13.5. The van der Waals surface area contributed by atoms with Gasteiger partial charge in [-0.3, -0.25) is 0 Å². The highest BCUT2D eigenvalue weighted by atomic mass is 16.5. The number of rotatable bonds is 8. The van der Waals surface area contributed by atoms with Gasteiger partial charge in [0.25, 0.3) is 0 Å².